The van der Waals surface area contributed by atoms with E-state index < -0.39 is 5.97 Å². The van der Waals surface area contributed by atoms with Crippen molar-refractivity contribution in [1.29, 1.82) is 5.26 Å². The van der Waals surface area contributed by atoms with E-state index in [9.17, 15) is 4.79 Å². The summed E-state index contributed by atoms with van der Waals surface area (Å²) in [7, 11) is 0. The van der Waals surface area contributed by atoms with Gasteiger partial charge in [0.05, 0.1) is 6.10 Å². The highest BCUT2D eigenvalue weighted by molar-refractivity contribution is 5.98. The van der Waals surface area contributed by atoms with Gasteiger partial charge in [-0.25, -0.2) is 4.79 Å². The molecule has 3 heteroatoms. The first-order valence-corrected chi connectivity index (χ1v) is 6.25. The molecule has 100 valence electrons. The van der Waals surface area contributed by atoms with E-state index in [-0.39, 0.29) is 11.7 Å². The van der Waals surface area contributed by atoms with Crippen LogP contribution in [0.1, 0.15) is 36.1 Å². The highest BCUT2D eigenvalue weighted by atomic mass is 16.5. The first-order valence-electron chi connectivity index (χ1n) is 6.25. The number of ether oxygens (including phenoxy) is 1. The summed E-state index contributed by atoms with van der Waals surface area (Å²) in [6.45, 7) is 9.52. The Morgan fingerprint density at radius 1 is 1.21 bits per heavy atom. The van der Waals surface area contributed by atoms with Crippen molar-refractivity contribution in [2.45, 2.75) is 40.7 Å². The minimum Gasteiger partial charge on any atom is -0.459 e. The smallest absolute Gasteiger partial charge is 0.349 e. The largest absolute Gasteiger partial charge is 0.459 e. The van der Waals surface area contributed by atoms with Gasteiger partial charge in [0.2, 0.25) is 0 Å². The molecular formula is C16H19NO2. The lowest BCUT2D eigenvalue weighted by Crippen LogP contribution is -2.12. The average molecular weight is 257 g/mol. The van der Waals surface area contributed by atoms with Gasteiger partial charge < -0.3 is 4.74 Å². The Hall–Kier alpha value is -2.08. The van der Waals surface area contributed by atoms with Crippen LogP contribution >= 0.6 is 0 Å². The molecule has 0 aliphatic heterocycles. The lowest BCUT2D eigenvalue weighted by atomic mass is 9.99. The van der Waals surface area contributed by atoms with Crippen LogP contribution in [-0.4, -0.2) is 12.1 Å². The second-order valence-electron chi connectivity index (χ2n) is 4.92. The summed E-state index contributed by atoms with van der Waals surface area (Å²) >= 11 is 0. The van der Waals surface area contributed by atoms with Crippen LogP contribution in [0.5, 0.6) is 0 Å². The standard InChI is InChI=1S/C16H19NO2/c1-10(2)19-16(18)15(9-17)8-14-7-12(4)11(3)6-13(14)5/h6-8,10H,1-5H3/b15-8-. The molecule has 0 saturated heterocycles. The molecule has 1 aromatic carbocycles. The van der Waals surface area contributed by atoms with E-state index in [2.05, 4.69) is 0 Å². The van der Waals surface area contributed by atoms with Crippen LogP contribution in [0.2, 0.25) is 0 Å². The van der Waals surface area contributed by atoms with Crippen LogP contribution in [0.25, 0.3) is 6.08 Å². The van der Waals surface area contributed by atoms with Crippen LogP contribution in [0, 0.1) is 32.1 Å². The fourth-order valence-electron chi connectivity index (χ4n) is 1.71. The zero-order valence-corrected chi connectivity index (χ0v) is 12.1. The zero-order chi connectivity index (χ0) is 14.6. The summed E-state index contributed by atoms with van der Waals surface area (Å²) in [4.78, 5) is 11.7. The van der Waals surface area contributed by atoms with E-state index in [0.717, 1.165) is 16.7 Å². The van der Waals surface area contributed by atoms with Gasteiger partial charge in [-0.05, 0) is 62.9 Å². The Bertz CT molecular complexity index is 563. The lowest BCUT2D eigenvalue weighted by molar-refractivity contribution is -0.142. The maximum absolute atomic E-state index is 11.7. The molecule has 1 aromatic rings. The van der Waals surface area contributed by atoms with E-state index in [1.807, 2.05) is 39.0 Å². The molecule has 0 atom stereocenters. The Morgan fingerprint density at radius 2 is 1.79 bits per heavy atom. The molecule has 0 N–H and O–H groups in total. The first-order chi connectivity index (χ1) is 8.85. The van der Waals surface area contributed by atoms with Gasteiger partial charge in [0.25, 0.3) is 0 Å². The molecule has 0 saturated carbocycles. The van der Waals surface area contributed by atoms with E-state index in [4.69, 9.17) is 10.00 Å². The van der Waals surface area contributed by atoms with Gasteiger partial charge in [0, 0.05) is 0 Å². The number of nitriles is 1. The molecule has 0 unspecified atom stereocenters. The molecule has 0 fully saturated rings. The zero-order valence-electron chi connectivity index (χ0n) is 12.1. The predicted octanol–water partition coefficient (Wildman–Crippen LogP) is 3.47. The number of rotatable bonds is 3. The van der Waals surface area contributed by atoms with E-state index in [1.165, 1.54) is 5.56 Å². The molecule has 0 bridgehead atoms. The third-order valence-electron chi connectivity index (χ3n) is 2.87. The van der Waals surface area contributed by atoms with Crippen LogP contribution in [-0.2, 0) is 9.53 Å². The number of esters is 1. The normalized spacial score (nSPS) is 11.3. The number of benzene rings is 1. The maximum Gasteiger partial charge on any atom is 0.349 e. The minimum atomic E-state index is -0.574. The van der Waals surface area contributed by atoms with Crippen molar-refractivity contribution in [3.63, 3.8) is 0 Å². The number of aryl methyl sites for hydroxylation is 3. The lowest BCUT2D eigenvalue weighted by Gasteiger charge is -2.09. The highest BCUT2D eigenvalue weighted by Crippen LogP contribution is 2.18. The van der Waals surface area contributed by atoms with Crippen molar-refractivity contribution in [3.8, 4) is 6.07 Å². The number of nitrogens with zero attached hydrogens (tertiary/aromatic N) is 1. The van der Waals surface area contributed by atoms with Crippen molar-refractivity contribution in [3.05, 3.63) is 40.0 Å². The van der Waals surface area contributed by atoms with Gasteiger partial charge in [0.15, 0.2) is 0 Å². The molecule has 1 rings (SSSR count). The van der Waals surface area contributed by atoms with Gasteiger partial charge in [-0.3, -0.25) is 0 Å². The van der Waals surface area contributed by atoms with Crippen molar-refractivity contribution >= 4 is 12.0 Å². The summed E-state index contributed by atoms with van der Waals surface area (Å²) in [5.41, 5.74) is 4.26. The Morgan fingerprint density at radius 3 is 2.32 bits per heavy atom. The minimum absolute atomic E-state index is 0.0278. The molecule has 3 nitrogen and oxygen atoms in total. The van der Waals surface area contributed by atoms with Gasteiger partial charge >= 0.3 is 5.97 Å². The Balaban J connectivity index is 3.16. The quantitative estimate of drug-likeness (QED) is 0.473. The monoisotopic (exact) mass is 257 g/mol. The van der Waals surface area contributed by atoms with Gasteiger partial charge in [0.1, 0.15) is 11.6 Å². The van der Waals surface area contributed by atoms with Crippen LogP contribution in [0.3, 0.4) is 0 Å². The topological polar surface area (TPSA) is 50.1 Å². The average Bonchev–Trinajstić information content (AvgIpc) is 2.31. The summed E-state index contributed by atoms with van der Waals surface area (Å²) in [5.74, 6) is -0.574. The Labute approximate surface area is 114 Å². The Kier molecular flexibility index (Phi) is 4.88. The van der Waals surface area contributed by atoms with Crippen LogP contribution in [0.15, 0.2) is 17.7 Å². The van der Waals surface area contributed by atoms with Gasteiger partial charge in [-0.15, -0.1) is 0 Å². The van der Waals surface area contributed by atoms with Crippen molar-refractivity contribution in [2.24, 2.45) is 0 Å². The number of carbonyl (C=O) groups is 1. The van der Waals surface area contributed by atoms with Crippen LogP contribution in [0.4, 0.5) is 0 Å². The molecule has 0 radical (unpaired) electrons. The molecule has 0 spiro atoms. The van der Waals surface area contributed by atoms with Crippen molar-refractivity contribution < 1.29 is 9.53 Å². The molecule has 19 heavy (non-hydrogen) atoms. The summed E-state index contributed by atoms with van der Waals surface area (Å²) in [6.07, 6.45) is 1.36. The first kappa shape index (κ1) is 15.0. The molecular weight excluding hydrogens is 238 g/mol. The van der Waals surface area contributed by atoms with Crippen molar-refractivity contribution in [2.75, 3.05) is 0 Å². The summed E-state index contributed by atoms with van der Waals surface area (Å²) < 4.78 is 5.04. The molecule has 0 aliphatic rings. The van der Waals surface area contributed by atoms with Gasteiger partial charge in [-0.1, -0.05) is 12.1 Å². The summed E-state index contributed by atoms with van der Waals surface area (Å²) in [6, 6.07) is 5.93. The van der Waals surface area contributed by atoms with Crippen LogP contribution < -0.4 is 0 Å². The highest BCUT2D eigenvalue weighted by Gasteiger charge is 2.13. The predicted molar refractivity (Wildman–Crippen MR) is 75.5 cm³/mol. The van der Waals surface area contributed by atoms with E-state index in [0.29, 0.717) is 0 Å². The fraction of sp³-hybridized carbons (Fsp3) is 0.375. The molecule has 0 aliphatic carbocycles. The second kappa shape index (κ2) is 6.19. The number of hydrogen-bond acceptors (Lipinski definition) is 3. The molecule has 0 aromatic heterocycles. The third kappa shape index (κ3) is 3.96. The second-order valence-corrected chi connectivity index (χ2v) is 4.92. The van der Waals surface area contributed by atoms with Gasteiger partial charge in [-0.2, -0.15) is 5.26 Å². The third-order valence-corrected chi connectivity index (χ3v) is 2.87. The fourth-order valence-corrected chi connectivity index (χ4v) is 1.71. The van der Waals surface area contributed by atoms with E-state index >= 15 is 0 Å². The molecule has 0 amide bonds. The summed E-state index contributed by atoms with van der Waals surface area (Å²) in [5, 5.41) is 9.07. The number of carbonyl (C=O) groups excluding carboxylic acids is 1. The van der Waals surface area contributed by atoms with E-state index in [1.54, 1.807) is 19.9 Å². The van der Waals surface area contributed by atoms with Crippen molar-refractivity contribution in [1.82, 2.24) is 0 Å². The molecule has 0 heterocycles. The number of hydrogen-bond donors (Lipinski definition) is 0. The maximum atomic E-state index is 11.7. The SMILES string of the molecule is Cc1cc(C)c(/C=C(/C#N)C(=O)OC(C)C)cc1C.